The predicted octanol–water partition coefficient (Wildman–Crippen LogP) is 14.1. The first kappa shape index (κ1) is 31.6. The van der Waals surface area contributed by atoms with Crippen LogP contribution in [-0.2, 0) is 10.8 Å². The zero-order chi connectivity index (χ0) is 38.5. The Balaban J connectivity index is 1.16. The molecule has 0 atom stereocenters. The third kappa shape index (κ3) is 3.69. The van der Waals surface area contributed by atoms with Crippen molar-refractivity contribution in [2.24, 2.45) is 0 Å². The van der Waals surface area contributed by atoms with Crippen molar-refractivity contribution in [3.05, 3.63) is 257 Å². The molecule has 1 nitrogen and oxygen atoms in total. The summed E-state index contributed by atoms with van der Waals surface area (Å²) < 4.78 is 2.52. The van der Waals surface area contributed by atoms with Gasteiger partial charge in [0.1, 0.15) is 0 Å². The van der Waals surface area contributed by atoms with Crippen LogP contribution in [0.2, 0.25) is 0 Å². The first-order valence-corrected chi connectivity index (χ1v) is 20.8. The second-order valence-corrected chi connectivity index (χ2v) is 16.7. The van der Waals surface area contributed by atoms with Gasteiger partial charge in [0.15, 0.2) is 0 Å². The molecule has 1 heteroatoms. The fourth-order valence-corrected chi connectivity index (χ4v) is 12.1. The molecule has 11 aromatic rings. The molecule has 3 aliphatic carbocycles. The van der Waals surface area contributed by atoms with Gasteiger partial charge in [-0.15, -0.1) is 0 Å². The highest BCUT2D eigenvalue weighted by atomic mass is 15.0. The zero-order valence-electron chi connectivity index (χ0n) is 32.2. The summed E-state index contributed by atoms with van der Waals surface area (Å²) in [5.74, 6) is 0. The molecule has 59 heavy (non-hydrogen) atoms. The molecule has 0 bridgehead atoms. The third-order valence-corrected chi connectivity index (χ3v) is 14.2. The minimum atomic E-state index is -0.549. The summed E-state index contributed by atoms with van der Waals surface area (Å²) in [5, 5.41) is 7.60. The lowest BCUT2D eigenvalue weighted by Crippen LogP contribution is -2.43. The molecular weight excluding hydrogens is 711 g/mol. The molecule has 272 valence electrons. The van der Waals surface area contributed by atoms with Gasteiger partial charge in [-0.2, -0.15) is 0 Å². The number of benzene rings is 10. The summed E-state index contributed by atoms with van der Waals surface area (Å²) in [5.41, 5.74) is 18.7. The van der Waals surface area contributed by atoms with Gasteiger partial charge in [-0.25, -0.2) is 0 Å². The van der Waals surface area contributed by atoms with Gasteiger partial charge in [-0.05, 0) is 119 Å². The average molecular weight is 746 g/mol. The van der Waals surface area contributed by atoms with Crippen molar-refractivity contribution in [2.75, 3.05) is 0 Å². The number of rotatable bonds is 1. The van der Waals surface area contributed by atoms with E-state index in [1.54, 1.807) is 0 Å². The second kappa shape index (κ2) is 11.1. The smallest absolute Gasteiger partial charge is 0.0720 e. The van der Waals surface area contributed by atoms with Crippen molar-refractivity contribution >= 4 is 43.4 Å². The van der Waals surface area contributed by atoms with Gasteiger partial charge in [-0.3, -0.25) is 0 Å². The van der Waals surface area contributed by atoms with Crippen LogP contribution in [0.3, 0.4) is 0 Å². The lowest BCUT2D eigenvalue weighted by Gasteiger charge is -2.48. The Kier molecular flexibility index (Phi) is 5.96. The van der Waals surface area contributed by atoms with Gasteiger partial charge in [0, 0.05) is 16.5 Å². The van der Waals surface area contributed by atoms with Crippen molar-refractivity contribution in [3.63, 3.8) is 0 Å². The van der Waals surface area contributed by atoms with Crippen LogP contribution in [0.15, 0.2) is 212 Å². The molecule has 0 saturated heterocycles. The van der Waals surface area contributed by atoms with E-state index in [0.29, 0.717) is 0 Å². The number of hydrogen-bond acceptors (Lipinski definition) is 0. The van der Waals surface area contributed by atoms with E-state index < -0.39 is 10.8 Å². The fourth-order valence-electron chi connectivity index (χ4n) is 12.1. The maximum absolute atomic E-state index is 2.60. The van der Waals surface area contributed by atoms with Gasteiger partial charge < -0.3 is 4.57 Å². The number of nitrogens with zero attached hydrogens (tertiary/aromatic N) is 1. The lowest BCUT2D eigenvalue weighted by atomic mass is 9.52. The van der Waals surface area contributed by atoms with E-state index >= 15 is 0 Å². The van der Waals surface area contributed by atoms with Crippen molar-refractivity contribution in [1.82, 2.24) is 4.57 Å². The Labute approximate surface area is 342 Å². The van der Waals surface area contributed by atoms with Crippen LogP contribution in [-0.4, -0.2) is 4.57 Å². The summed E-state index contributed by atoms with van der Waals surface area (Å²) in [7, 11) is 0. The minimum absolute atomic E-state index is 0.463. The number of fused-ring (bicyclic) bond motifs is 22. The highest BCUT2D eigenvalue weighted by Gasteiger charge is 2.59. The molecule has 0 saturated carbocycles. The van der Waals surface area contributed by atoms with Crippen LogP contribution in [0.4, 0.5) is 0 Å². The standard InChI is InChI=1S/C58H35N/c1-2-17-38-33-39(31-29-36(38)15-1)59-54-32-30-37-16-3-4-18-40(37)56(54)45-34-53-44(35-55(45)59)43-21-7-10-24-48(43)58(53)51-27-13-11-25-49(51)57(50-26-12-14-28-52(50)58)46-22-8-5-19-41(46)42-20-6-9-23-47(42)57/h1-35H. The van der Waals surface area contributed by atoms with E-state index in [4.69, 9.17) is 0 Å². The van der Waals surface area contributed by atoms with Crippen LogP contribution in [0, 0.1) is 0 Å². The first-order chi connectivity index (χ1) is 29.3. The van der Waals surface area contributed by atoms with E-state index in [0.717, 1.165) is 0 Å². The van der Waals surface area contributed by atoms with Gasteiger partial charge in [0.2, 0.25) is 0 Å². The molecule has 0 unspecified atom stereocenters. The maximum Gasteiger partial charge on any atom is 0.0720 e. The molecule has 1 heterocycles. The van der Waals surface area contributed by atoms with Gasteiger partial charge in [0.25, 0.3) is 0 Å². The molecule has 14 rings (SSSR count). The Morgan fingerprint density at radius 3 is 1.34 bits per heavy atom. The Morgan fingerprint density at radius 1 is 0.271 bits per heavy atom. The first-order valence-electron chi connectivity index (χ1n) is 20.8. The Morgan fingerprint density at radius 2 is 0.729 bits per heavy atom. The summed E-state index contributed by atoms with van der Waals surface area (Å²) in [4.78, 5) is 0. The van der Waals surface area contributed by atoms with Crippen LogP contribution in [0.25, 0.3) is 71.3 Å². The minimum Gasteiger partial charge on any atom is -0.309 e. The second-order valence-electron chi connectivity index (χ2n) is 16.7. The largest absolute Gasteiger partial charge is 0.309 e. The van der Waals surface area contributed by atoms with E-state index in [-0.39, 0.29) is 0 Å². The summed E-state index contributed by atoms with van der Waals surface area (Å²) >= 11 is 0. The zero-order valence-corrected chi connectivity index (χ0v) is 32.2. The molecule has 1 aromatic heterocycles. The molecule has 0 radical (unpaired) electrons. The van der Waals surface area contributed by atoms with Crippen LogP contribution < -0.4 is 0 Å². The van der Waals surface area contributed by atoms with Crippen LogP contribution >= 0.6 is 0 Å². The summed E-state index contributed by atoms with van der Waals surface area (Å²) in [6.07, 6.45) is 0. The number of hydrogen-bond donors (Lipinski definition) is 0. The third-order valence-electron chi connectivity index (χ3n) is 14.2. The quantitative estimate of drug-likeness (QED) is 0.158. The van der Waals surface area contributed by atoms with E-state index in [1.807, 2.05) is 0 Å². The fraction of sp³-hybridized carbons (Fsp3) is 0.0345. The molecule has 0 N–H and O–H groups in total. The SMILES string of the molecule is c1ccc2c(c1)-c1ccccc1C21c2ccccc2C2(c3ccccc3-c3cc4c(cc32)c2c3ccccc3ccc2n4-c2ccc3ccccc3c2)c2ccccc21. The van der Waals surface area contributed by atoms with Crippen LogP contribution in [0.1, 0.15) is 44.5 Å². The van der Waals surface area contributed by atoms with Crippen molar-refractivity contribution in [1.29, 1.82) is 0 Å². The molecule has 0 amide bonds. The van der Waals surface area contributed by atoms with Crippen molar-refractivity contribution in [3.8, 4) is 27.9 Å². The normalized spacial score (nSPS) is 14.7. The van der Waals surface area contributed by atoms with E-state index in [9.17, 15) is 0 Å². The van der Waals surface area contributed by atoms with Gasteiger partial charge >= 0.3 is 0 Å². The molecule has 0 fully saturated rings. The summed E-state index contributed by atoms with van der Waals surface area (Å²) in [6.45, 7) is 0. The predicted molar refractivity (Wildman–Crippen MR) is 244 cm³/mol. The Hall–Kier alpha value is -7.48. The van der Waals surface area contributed by atoms with Gasteiger partial charge in [-0.1, -0.05) is 182 Å². The number of aromatic nitrogens is 1. The molecule has 2 spiro atoms. The Bertz CT molecular complexity index is 3540. The van der Waals surface area contributed by atoms with Crippen molar-refractivity contribution in [2.45, 2.75) is 10.8 Å². The molecule has 3 aliphatic rings. The molecule has 0 aliphatic heterocycles. The molecular formula is C58H35N. The maximum atomic E-state index is 2.60. The highest BCUT2D eigenvalue weighted by molar-refractivity contribution is 6.22. The van der Waals surface area contributed by atoms with Gasteiger partial charge in [0.05, 0.1) is 21.9 Å². The van der Waals surface area contributed by atoms with E-state index in [1.165, 1.54) is 116 Å². The average Bonchev–Trinajstić information content (AvgIpc) is 3.90. The summed E-state index contributed by atoms with van der Waals surface area (Å²) in [6, 6.07) is 80.6. The lowest BCUT2D eigenvalue weighted by molar-refractivity contribution is 0.633. The highest BCUT2D eigenvalue weighted by Crippen LogP contribution is 2.67. The molecule has 10 aromatic carbocycles. The van der Waals surface area contributed by atoms with Crippen LogP contribution in [0.5, 0.6) is 0 Å². The van der Waals surface area contributed by atoms with Crippen molar-refractivity contribution < 1.29 is 0 Å². The topological polar surface area (TPSA) is 4.93 Å². The van der Waals surface area contributed by atoms with E-state index in [2.05, 4.69) is 217 Å². The monoisotopic (exact) mass is 745 g/mol.